The molecule has 0 atom stereocenters. The smallest absolute Gasteiger partial charge is 0.319 e. The number of hydrogen-bond donors (Lipinski definition) is 0. The van der Waals surface area contributed by atoms with E-state index in [1.54, 1.807) is 6.92 Å². The molecule has 1 amide bonds. The van der Waals surface area contributed by atoms with Crippen molar-refractivity contribution in [3.8, 4) is 11.5 Å². The Morgan fingerprint density at radius 1 is 1.44 bits per heavy atom. The second-order valence-corrected chi connectivity index (χ2v) is 5.52. The number of rotatable bonds is 7. The highest BCUT2D eigenvalue weighted by Gasteiger charge is 2.20. The van der Waals surface area contributed by atoms with Gasteiger partial charge in [-0.25, -0.2) is 4.98 Å². The fourth-order valence-corrected chi connectivity index (χ4v) is 2.54. The van der Waals surface area contributed by atoms with Crippen LogP contribution in [0.2, 0.25) is 5.02 Å². The molecule has 0 radical (unpaired) electrons. The van der Waals surface area contributed by atoms with Gasteiger partial charge in [-0.15, -0.1) is 0 Å². The Kier molecular flexibility index (Phi) is 6.19. The summed E-state index contributed by atoms with van der Waals surface area (Å²) in [5.41, 5.74) is 0.253. The zero-order chi connectivity index (χ0) is 18.6. The lowest BCUT2D eigenvalue weighted by molar-refractivity contribution is 0.0612. The fraction of sp³-hybridized carbons (Fsp3) is 0.375. The van der Waals surface area contributed by atoms with Crippen molar-refractivity contribution >= 4 is 17.5 Å². The van der Waals surface area contributed by atoms with Gasteiger partial charge in [-0.1, -0.05) is 11.6 Å². The number of alkyl halides is 2. The van der Waals surface area contributed by atoms with Crippen molar-refractivity contribution in [1.82, 2.24) is 14.5 Å². The summed E-state index contributed by atoms with van der Waals surface area (Å²) in [5, 5.41) is 0.229. The van der Waals surface area contributed by atoms with E-state index in [2.05, 4.69) is 4.98 Å². The zero-order valence-electron chi connectivity index (χ0n) is 14.0. The molecular weight excluding hydrogens is 356 g/mol. The second-order valence-electron chi connectivity index (χ2n) is 5.11. The molecule has 136 valence electrons. The van der Waals surface area contributed by atoms with E-state index in [0.29, 0.717) is 22.7 Å². The van der Waals surface area contributed by atoms with E-state index < -0.39 is 12.5 Å². The first kappa shape index (κ1) is 19.0. The first-order valence-electron chi connectivity index (χ1n) is 7.44. The molecule has 25 heavy (non-hydrogen) atoms. The molecule has 1 heterocycles. The monoisotopic (exact) mass is 373 g/mol. The Labute approximate surface area is 148 Å². The number of methoxy groups -OCH3 is 1. The fourth-order valence-electron chi connectivity index (χ4n) is 2.28. The lowest BCUT2D eigenvalue weighted by Gasteiger charge is -2.19. The molecule has 2 aromatic rings. The van der Waals surface area contributed by atoms with Crippen molar-refractivity contribution in [2.24, 2.45) is 0 Å². The van der Waals surface area contributed by atoms with Crippen LogP contribution in [0.25, 0.3) is 0 Å². The summed E-state index contributed by atoms with van der Waals surface area (Å²) in [6.45, 7) is -0.614. The van der Waals surface area contributed by atoms with Crippen LogP contribution < -0.4 is 9.47 Å². The number of nitrogens with zero attached hydrogens (tertiary/aromatic N) is 3. The minimum absolute atomic E-state index is 0.0786. The summed E-state index contributed by atoms with van der Waals surface area (Å²) in [5.74, 6) is 0.334. The van der Waals surface area contributed by atoms with Crippen molar-refractivity contribution in [2.45, 2.75) is 20.0 Å². The molecule has 1 aromatic carbocycles. The van der Waals surface area contributed by atoms with Crippen molar-refractivity contribution in [3.05, 3.63) is 40.9 Å². The van der Waals surface area contributed by atoms with E-state index in [-0.39, 0.29) is 23.0 Å². The van der Waals surface area contributed by atoms with Crippen LogP contribution in [0.3, 0.4) is 0 Å². The van der Waals surface area contributed by atoms with E-state index in [4.69, 9.17) is 21.1 Å². The Morgan fingerprint density at radius 3 is 2.76 bits per heavy atom. The highest BCUT2D eigenvalue weighted by Crippen LogP contribution is 2.36. The first-order chi connectivity index (χ1) is 11.9. The van der Waals surface area contributed by atoms with Gasteiger partial charge in [0.1, 0.15) is 5.82 Å². The van der Waals surface area contributed by atoms with Crippen LogP contribution in [-0.4, -0.2) is 41.1 Å². The maximum absolute atomic E-state index is 12.9. The Bertz CT molecular complexity index is 752. The lowest BCUT2D eigenvalue weighted by atomic mass is 10.1. The van der Waals surface area contributed by atoms with Gasteiger partial charge in [-0.2, -0.15) is 8.78 Å². The van der Waals surface area contributed by atoms with E-state index in [1.165, 1.54) is 37.4 Å². The standard InChI is InChI=1S/C16H18ClF2N3O3/c1-4-25-14-11(17)7-10(8-12(14)24-3)15(23)21(2)9-13-20-5-6-22(13)16(18)19/h5-8,16H,4,9H2,1-3H3. The quantitative estimate of drug-likeness (QED) is 0.744. The van der Waals surface area contributed by atoms with E-state index in [0.717, 1.165) is 6.20 Å². The van der Waals surface area contributed by atoms with E-state index >= 15 is 0 Å². The number of amides is 1. The molecule has 0 spiro atoms. The van der Waals surface area contributed by atoms with Gasteiger partial charge in [0.15, 0.2) is 11.5 Å². The first-order valence-corrected chi connectivity index (χ1v) is 7.82. The molecule has 0 aliphatic heterocycles. The average molecular weight is 374 g/mol. The maximum Gasteiger partial charge on any atom is 0.319 e. The predicted octanol–water partition coefficient (Wildman–Crippen LogP) is 3.61. The summed E-state index contributed by atoms with van der Waals surface area (Å²) in [7, 11) is 2.93. The molecule has 0 fully saturated rings. The predicted molar refractivity (Wildman–Crippen MR) is 88.5 cm³/mol. The summed E-state index contributed by atoms with van der Waals surface area (Å²) in [6.07, 6.45) is 2.42. The molecule has 1 aromatic heterocycles. The average Bonchev–Trinajstić information content (AvgIpc) is 3.04. The van der Waals surface area contributed by atoms with Crippen molar-refractivity contribution in [3.63, 3.8) is 0 Å². The van der Waals surface area contributed by atoms with Crippen LogP contribution in [0.15, 0.2) is 24.5 Å². The Morgan fingerprint density at radius 2 is 2.16 bits per heavy atom. The second kappa shape index (κ2) is 8.15. The highest BCUT2D eigenvalue weighted by atomic mass is 35.5. The summed E-state index contributed by atoms with van der Waals surface area (Å²) in [4.78, 5) is 17.7. The van der Waals surface area contributed by atoms with Crippen LogP contribution in [0, 0.1) is 0 Å². The summed E-state index contributed by atoms with van der Waals surface area (Å²) < 4.78 is 37.1. The normalized spacial score (nSPS) is 10.8. The molecule has 0 unspecified atom stereocenters. The summed E-state index contributed by atoms with van der Waals surface area (Å²) in [6, 6.07) is 2.95. The van der Waals surface area contributed by atoms with Crippen LogP contribution in [0.1, 0.15) is 29.7 Å². The third kappa shape index (κ3) is 4.19. The topological polar surface area (TPSA) is 56.6 Å². The molecule has 0 aliphatic carbocycles. The number of hydrogen-bond acceptors (Lipinski definition) is 4. The van der Waals surface area contributed by atoms with Crippen molar-refractivity contribution in [1.29, 1.82) is 0 Å². The number of halogens is 3. The third-order valence-electron chi connectivity index (χ3n) is 3.45. The highest BCUT2D eigenvalue weighted by molar-refractivity contribution is 6.32. The molecule has 9 heteroatoms. The SMILES string of the molecule is CCOc1c(Cl)cc(C(=O)N(C)Cc2nccn2C(F)F)cc1OC. The number of imidazole rings is 1. The largest absolute Gasteiger partial charge is 0.493 e. The van der Waals surface area contributed by atoms with Crippen LogP contribution in [0.4, 0.5) is 8.78 Å². The minimum Gasteiger partial charge on any atom is -0.493 e. The van der Waals surface area contributed by atoms with Crippen LogP contribution >= 0.6 is 11.6 Å². The van der Waals surface area contributed by atoms with Gasteiger partial charge in [0.05, 0.1) is 25.3 Å². The number of benzene rings is 1. The van der Waals surface area contributed by atoms with Crippen molar-refractivity contribution in [2.75, 3.05) is 20.8 Å². The zero-order valence-corrected chi connectivity index (χ0v) is 14.8. The maximum atomic E-state index is 12.9. The molecule has 0 saturated carbocycles. The summed E-state index contributed by atoms with van der Waals surface area (Å²) >= 11 is 6.16. The Balaban J connectivity index is 2.24. The number of carbonyl (C=O) groups excluding carboxylic acids is 1. The Hall–Kier alpha value is -2.35. The molecule has 0 bridgehead atoms. The van der Waals surface area contributed by atoms with Gasteiger partial charge < -0.3 is 14.4 Å². The van der Waals surface area contributed by atoms with Gasteiger partial charge >= 0.3 is 6.55 Å². The van der Waals surface area contributed by atoms with Gasteiger partial charge in [0, 0.05) is 25.0 Å². The van der Waals surface area contributed by atoms with Gasteiger partial charge in [-0.3, -0.25) is 9.36 Å². The molecule has 0 saturated heterocycles. The molecular formula is C16H18ClF2N3O3. The van der Waals surface area contributed by atoms with Crippen molar-refractivity contribution < 1.29 is 23.0 Å². The third-order valence-corrected chi connectivity index (χ3v) is 3.73. The van der Waals surface area contributed by atoms with E-state index in [1.807, 2.05) is 0 Å². The minimum atomic E-state index is -2.72. The number of ether oxygens (including phenoxy) is 2. The van der Waals surface area contributed by atoms with Gasteiger partial charge in [0.2, 0.25) is 0 Å². The van der Waals surface area contributed by atoms with Gasteiger partial charge in [0.25, 0.3) is 5.91 Å². The molecule has 0 aliphatic rings. The van der Waals surface area contributed by atoms with Gasteiger partial charge in [-0.05, 0) is 19.1 Å². The van der Waals surface area contributed by atoms with Crippen LogP contribution in [-0.2, 0) is 6.54 Å². The molecule has 2 rings (SSSR count). The van der Waals surface area contributed by atoms with E-state index in [9.17, 15) is 13.6 Å². The molecule has 0 N–H and O–H groups in total. The lowest BCUT2D eigenvalue weighted by Crippen LogP contribution is -2.28. The number of carbonyl (C=O) groups is 1. The number of aromatic nitrogens is 2. The molecule has 6 nitrogen and oxygen atoms in total. The van der Waals surface area contributed by atoms with Crippen LogP contribution in [0.5, 0.6) is 11.5 Å².